The third-order valence-electron chi connectivity index (χ3n) is 7.51. The Hall–Kier alpha value is -4.37. The number of fused-ring (bicyclic) bond motifs is 1. The van der Waals surface area contributed by atoms with Gasteiger partial charge in [-0.25, -0.2) is 4.98 Å². The number of nitrogens with zero attached hydrogens (tertiary/aromatic N) is 2. The molecule has 9 heteroatoms. The summed E-state index contributed by atoms with van der Waals surface area (Å²) in [5.41, 5.74) is 3.73. The first-order valence-electron chi connectivity index (χ1n) is 14.9. The van der Waals surface area contributed by atoms with Crippen LogP contribution in [0.1, 0.15) is 61.9 Å². The van der Waals surface area contributed by atoms with Crippen molar-refractivity contribution in [1.29, 1.82) is 0 Å². The number of rotatable bonds is 11. The van der Waals surface area contributed by atoms with E-state index in [1.54, 1.807) is 49.6 Å². The van der Waals surface area contributed by atoms with Gasteiger partial charge < -0.3 is 19.3 Å². The average molecular weight is 615 g/mol. The minimum atomic E-state index is -0.962. The lowest BCUT2D eigenvalue weighted by atomic mass is 9.95. The monoisotopic (exact) mass is 614 g/mol. The zero-order chi connectivity index (χ0) is 31.5. The summed E-state index contributed by atoms with van der Waals surface area (Å²) in [4.78, 5) is 33.8. The Balaban J connectivity index is 1.67. The maximum atomic E-state index is 13.8. The summed E-state index contributed by atoms with van der Waals surface area (Å²) >= 11 is 1.34. The third kappa shape index (κ3) is 6.15. The molecule has 2 heterocycles. The van der Waals surface area contributed by atoms with Gasteiger partial charge in [0.05, 0.1) is 42.2 Å². The SMILES string of the molecule is CCCOc1cccc(C(O)=C2C(=O)C(=O)N(c3nc4c(C)cc(C)cc4s3)C2c2ccc(OCCC(C)C)c(OC)c2)c1. The molecule has 44 heavy (non-hydrogen) atoms. The second kappa shape index (κ2) is 13.1. The molecule has 1 aliphatic rings. The summed E-state index contributed by atoms with van der Waals surface area (Å²) in [7, 11) is 1.55. The zero-order valence-electron chi connectivity index (χ0n) is 26.0. The lowest BCUT2D eigenvalue weighted by Crippen LogP contribution is -2.29. The average Bonchev–Trinajstić information content (AvgIpc) is 3.54. The van der Waals surface area contributed by atoms with Gasteiger partial charge in [0.25, 0.3) is 5.78 Å². The van der Waals surface area contributed by atoms with Crippen LogP contribution in [-0.4, -0.2) is 42.1 Å². The predicted octanol–water partition coefficient (Wildman–Crippen LogP) is 7.76. The summed E-state index contributed by atoms with van der Waals surface area (Å²) in [5, 5.41) is 12.0. The minimum Gasteiger partial charge on any atom is -0.507 e. The van der Waals surface area contributed by atoms with E-state index in [2.05, 4.69) is 13.8 Å². The summed E-state index contributed by atoms with van der Waals surface area (Å²) in [6.07, 6.45) is 1.70. The smallest absolute Gasteiger partial charge is 0.301 e. The number of hydrogen-bond donors (Lipinski definition) is 1. The summed E-state index contributed by atoms with van der Waals surface area (Å²) in [6.45, 7) is 11.3. The van der Waals surface area contributed by atoms with Crippen LogP contribution >= 0.6 is 11.3 Å². The Kier molecular flexibility index (Phi) is 9.25. The van der Waals surface area contributed by atoms with Crippen LogP contribution in [0.4, 0.5) is 5.13 Å². The van der Waals surface area contributed by atoms with Gasteiger partial charge in [0.15, 0.2) is 16.6 Å². The fraction of sp³-hybridized carbons (Fsp3) is 0.343. The van der Waals surface area contributed by atoms with Gasteiger partial charge in [0.1, 0.15) is 11.5 Å². The number of anilines is 1. The number of ether oxygens (including phenoxy) is 3. The molecule has 1 atom stereocenters. The van der Waals surface area contributed by atoms with E-state index in [4.69, 9.17) is 19.2 Å². The molecule has 230 valence electrons. The molecule has 1 saturated heterocycles. The van der Waals surface area contributed by atoms with Gasteiger partial charge in [-0.05, 0) is 79.6 Å². The van der Waals surface area contributed by atoms with Crippen molar-refractivity contribution in [3.8, 4) is 17.2 Å². The molecule has 3 aromatic carbocycles. The molecule has 1 aliphatic heterocycles. The number of methoxy groups -OCH3 is 1. The van der Waals surface area contributed by atoms with Crippen molar-refractivity contribution in [1.82, 2.24) is 4.98 Å². The van der Waals surface area contributed by atoms with E-state index < -0.39 is 17.7 Å². The Morgan fingerprint density at radius 2 is 1.82 bits per heavy atom. The Morgan fingerprint density at radius 1 is 1.02 bits per heavy atom. The zero-order valence-corrected chi connectivity index (χ0v) is 26.8. The van der Waals surface area contributed by atoms with E-state index in [0.717, 1.165) is 34.2 Å². The van der Waals surface area contributed by atoms with Gasteiger partial charge in [0, 0.05) is 5.56 Å². The molecule has 1 unspecified atom stereocenters. The molecule has 0 aliphatic carbocycles. The van der Waals surface area contributed by atoms with E-state index >= 15 is 0 Å². The van der Waals surface area contributed by atoms with Crippen molar-refractivity contribution in [2.45, 2.75) is 53.5 Å². The number of ketones is 1. The Morgan fingerprint density at radius 3 is 2.55 bits per heavy atom. The van der Waals surface area contributed by atoms with E-state index in [1.807, 2.05) is 32.9 Å². The number of aliphatic hydroxyl groups excluding tert-OH is 1. The van der Waals surface area contributed by atoms with E-state index in [-0.39, 0.29) is 11.3 Å². The van der Waals surface area contributed by atoms with Gasteiger partial charge in [-0.3, -0.25) is 14.5 Å². The number of thiazole rings is 1. The number of carbonyl (C=O) groups is 2. The molecular formula is C35H38N2O6S. The van der Waals surface area contributed by atoms with Gasteiger partial charge >= 0.3 is 5.91 Å². The van der Waals surface area contributed by atoms with Gasteiger partial charge in [-0.15, -0.1) is 0 Å². The van der Waals surface area contributed by atoms with Crippen molar-refractivity contribution in [3.05, 3.63) is 82.4 Å². The van der Waals surface area contributed by atoms with E-state index in [9.17, 15) is 14.7 Å². The molecule has 5 rings (SSSR count). The number of Topliss-reactive ketones (excluding diaryl/α,β-unsaturated/α-hetero) is 1. The molecule has 0 radical (unpaired) electrons. The standard InChI is InChI=1S/C35H38N2O6S/c1-7-14-42-25-10-8-9-24(18-25)32(38)29-31(23-11-12-26(27(19-23)41-6)43-15-13-20(2)3)37(34(40)33(29)39)35-36-30-22(5)16-21(4)17-28(30)44-35/h8-12,16-20,31,38H,7,13-15H2,1-6H3. The van der Waals surface area contributed by atoms with Crippen LogP contribution in [0, 0.1) is 19.8 Å². The normalized spacial score (nSPS) is 16.2. The first-order valence-corrected chi connectivity index (χ1v) is 15.7. The maximum Gasteiger partial charge on any atom is 0.301 e. The van der Waals surface area contributed by atoms with Crippen LogP contribution in [0.2, 0.25) is 0 Å². The lowest BCUT2D eigenvalue weighted by molar-refractivity contribution is -0.132. The van der Waals surface area contributed by atoms with Gasteiger partial charge in [-0.2, -0.15) is 0 Å². The third-order valence-corrected chi connectivity index (χ3v) is 8.51. The molecule has 0 saturated carbocycles. The molecule has 0 spiro atoms. The molecule has 8 nitrogen and oxygen atoms in total. The lowest BCUT2D eigenvalue weighted by Gasteiger charge is -2.24. The number of benzene rings is 3. The fourth-order valence-electron chi connectivity index (χ4n) is 5.29. The van der Waals surface area contributed by atoms with Crippen LogP contribution in [0.15, 0.2) is 60.2 Å². The quantitative estimate of drug-likeness (QED) is 0.105. The topological polar surface area (TPSA) is 98.2 Å². The first kappa shape index (κ1) is 31.1. The van der Waals surface area contributed by atoms with E-state index in [1.165, 1.54) is 16.2 Å². The maximum absolute atomic E-state index is 13.8. The summed E-state index contributed by atoms with van der Waals surface area (Å²) in [5.74, 6) is 0.205. The van der Waals surface area contributed by atoms with Gasteiger partial charge in [-0.1, -0.05) is 56.4 Å². The fourth-order valence-corrected chi connectivity index (χ4v) is 6.46. The minimum absolute atomic E-state index is 0.0367. The molecule has 4 aromatic rings. The van der Waals surface area contributed by atoms with Crippen LogP contribution in [0.3, 0.4) is 0 Å². The molecule has 1 N–H and O–H groups in total. The van der Waals surface area contributed by atoms with Crippen molar-refractivity contribution < 1.29 is 28.9 Å². The van der Waals surface area contributed by atoms with Crippen molar-refractivity contribution in [2.75, 3.05) is 25.2 Å². The largest absolute Gasteiger partial charge is 0.507 e. The van der Waals surface area contributed by atoms with Crippen molar-refractivity contribution >= 4 is 44.1 Å². The Bertz CT molecular complexity index is 1740. The highest BCUT2D eigenvalue weighted by molar-refractivity contribution is 7.22. The van der Waals surface area contributed by atoms with Crippen molar-refractivity contribution in [2.24, 2.45) is 5.92 Å². The molecule has 1 amide bonds. The number of aliphatic hydroxyl groups is 1. The number of aryl methyl sites for hydroxylation is 2. The Labute approximate surface area is 261 Å². The van der Waals surface area contributed by atoms with E-state index in [0.29, 0.717) is 52.6 Å². The number of carbonyl (C=O) groups excluding carboxylic acids is 2. The number of aromatic nitrogens is 1. The highest BCUT2D eigenvalue weighted by Crippen LogP contribution is 2.46. The highest BCUT2D eigenvalue weighted by Gasteiger charge is 2.48. The molecule has 0 bridgehead atoms. The van der Waals surface area contributed by atoms with Crippen LogP contribution in [-0.2, 0) is 9.59 Å². The van der Waals surface area contributed by atoms with Crippen LogP contribution in [0.5, 0.6) is 17.2 Å². The van der Waals surface area contributed by atoms with Crippen molar-refractivity contribution in [3.63, 3.8) is 0 Å². The second-order valence-corrected chi connectivity index (χ2v) is 12.4. The highest BCUT2D eigenvalue weighted by atomic mass is 32.1. The molecular weight excluding hydrogens is 576 g/mol. The van der Waals surface area contributed by atoms with Crippen LogP contribution in [0.25, 0.3) is 16.0 Å². The first-order chi connectivity index (χ1) is 21.1. The number of hydrogen-bond acceptors (Lipinski definition) is 8. The molecule has 1 fully saturated rings. The number of amides is 1. The molecule has 1 aromatic heterocycles. The second-order valence-electron chi connectivity index (χ2n) is 11.4. The predicted molar refractivity (Wildman–Crippen MR) is 174 cm³/mol. The van der Waals surface area contributed by atoms with Gasteiger partial charge in [0.2, 0.25) is 0 Å². The summed E-state index contributed by atoms with van der Waals surface area (Å²) in [6, 6.07) is 15.3. The van der Waals surface area contributed by atoms with Crippen LogP contribution < -0.4 is 19.1 Å². The summed E-state index contributed by atoms with van der Waals surface area (Å²) < 4.78 is 18.4.